The molecule has 0 aliphatic carbocycles. The second-order valence-corrected chi connectivity index (χ2v) is 5.01. The van der Waals surface area contributed by atoms with Crippen molar-refractivity contribution in [2.75, 3.05) is 13.4 Å². The molecule has 1 aromatic carbocycles. The molecule has 108 valence electrons. The molecule has 0 spiro atoms. The van der Waals surface area contributed by atoms with Crippen LogP contribution in [0.4, 0.5) is 0 Å². The maximum absolute atomic E-state index is 12.0. The van der Waals surface area contributed by atoms with E-state index in [4.69, 9.17) is 9.57 Å². The molecule has 0 unspecified atom stereocenters. The number of oxime groups is 1. The minimum Gasteiger partial charge on any atom is -0.504 e. The van der Waals surface area contributed by atoms with E-state index in [-0.39, 0.29) is 5.12 Å². The summed E-state index contributed by atoms with van der Waals surface area (Å²) in [4.78, 5) is 17.2. The van der Waals surface area contributed by atoms with E-state index in [0.29, 0.717) is 12.2 Å². The van der Waals surface area contributed by atoms with Gasteiger partial charge in [-0.15, -0.1) is 0 Å². The van der Waals surface area contributed by atoms with Crippen LogP contribution in [0.3, 0.4) is 0 Å². The Morgan fingerprint density at radius 2 is 2.05 bits per heavy atom. The van der Waals surface area contributed by atoms with Crippen LogP contribution in [0.25, 0.3) is 5.57 Å². The average molecular weight is 293 g/mol. The first kappa shape index (κ1) is 16.3. The third kappa shape index (κ3) is 4.74. The Hall–Kier alpha value is -1.75. The van der Waals surface area contributed by atoms with Crippen LogP contribution < -0.4 is 0 Å². The van der Waals surface area contributed by atoms with Gasteiger partial charge >= 0.3 is 0 Å². The topological polar surface area (TPSA) is 47.9 Å². The predicted octanol–water partition coefficient (Wildman–Crippen LogP) is 3.48. The zero-order chi connectivity index (χ0) is 15.0. The number of carbonyl (C=O) groups excluding carboxylic acids is 1. The van der Waals surface area contributed by atoms with E-state index in [9.17, 15) is 4.79 Å². The fraction of sp³-hybridized carbons (Fsp3) is 0.333. The van der Waals surface area contributed by atoms with E-state index in [2.05, 4.69) is 5.16 Å². The Labute approximate surface area is 123 Å². The Morgan fingerprint density at radius 1 is 1.35 bits per heavy atom. The van der Waals surface area contributed by atoms with Crippen LogP contribution in [-0.4, -0.2) is 24.2 Å². The summed E-state index contributed by atoms with van der Waals surface area (Å²) < 4.78 is 5.01. The molecule has 0 radical (unpaired) electrons. The van der Waals surface area contributed by atoms with Crippen LogP contribution in [0.1, 0.15) is 25.0 Å². The zero-order valence-electron chi connectivity index (χ0n) is 12.2. The lowest BCUT2D eigenvalue weighted by Gasteiger charge is -2.10. The van der Waals surface area contributed by atoms with E-state index in [1.165, 1.54) is 13.4 Å². The monoisotopic (exact) mass is 293 g/mol. The third-order valence-electron chi connectivity index (χ3n) is 2.42. The molecular formula is C15H19NO3S. The standard InChI is InChI=1S/C15H19NO3S/c1-11(2)16-19-9-12-7-5-6-8-13(12)14(10-18-3)15(17)20-4/h5-8,10H,9H2,1-4H3. The van der Waals surface area contributed by atoms with Crippen LogP contribution in [0.2, 0.25) is 0 Å². The first-order chi connectivity index (χ1) is 9.60. The minimum absolute atomic E-state index is 0.0468. The summed E-state index contributed by atoms with van der Waals surface area (Å²) in [6, 6.07) is 7.57. The molecule has 0 atom stereocenters. The normalized spacial score (nSPS) is 10.9. The Morgan fingerprint density at radius 3 is 2.65 bits per heavy atom. The fourth-order valence-electron chi connectivity index (χ4n) is 1.59. The van der Waals surface area contributed by atoms with Crippen molar-refractivity contribution in [2.24, 2.45) is 5.16 Å². The Kier molecular flexibility index (Phi) is 6.87. The highest BCUT2D eigenvalue weighted by molar-refractivity contribution is 8.14. The lowest BCUT2D eigenvalue weighted by atomic mass is 10.0. The molecule has 5 heteroatoms. The molecule has 0 saturated carbocycles. The van der Waals surface area contributed by atoms with Gasteiger partial charge in [-0.1, -0.05) is 41.2 Å². The molecule has 0 saturated heterocycles. The fourth-order valence-corrected chi connectivity index (χ4v) is 1.97. The van der Waals surface area contributed by atoms with Crippen molar-refractivity contribution in [1.82, 2.24) is 0 Å². The summed E-state index contributed by atoms with van der Waals surface area (Å²) in [5.74, 6) is 0. The van der Waals surface area contributed by atoms with Crippen molar-refractivity contribution in [2.45, 2.75) is 20.5 Å². The minimum atomic E-state index is -0.0468. The van der Waals surface area contributed by atoms with Gasteiger partial charge in [0, 0.05) is 5.56 Å². The summed E-state index contributed by atoms with van der Waals surface area (Å²) in [5, 5.41) is 3.86. The first-order valence-electron chi connectivity index (χ1n) is 6.12. The first-order valence-corrected chi connectivity index (χ1v) is 7.35. The van der Waals surface area contributed by atoms with Gasteiger partial charge in [0.05, 0.1) is 24.7 Å². The molecular weight excluding hydrogens is 274 g/mol. The van der Waals surface area contributed by atoms with Gasteiger partial charge in [-0.2, -0.15) is 0 Å². The van der Waals surface area contributed by atoms with Gasteiger partial charge < -0.3 is 9.57 Å². The number of hydrogen-bond donors (Lipinski definition) is 0. The van der Waals surface area contributed by atoms with Gasteiger partial charge in [0.2, 0.25) is 5.12 Å². The molecule has 0 bridgehead atoms. The summed E-state index contributed by atoms with van der Waals surface area (Å²) in [6.07, 6.45) is 3.21. The number of rotatable bonds is 6. The largest absolute Gasteiger partial charge is 0.504 e. The Bertz CT molecular complexity index is 520. The highest BCUT2D eigenvalue weighted by Gasteiger charge is 2.15. The molecule has 0 heterocycles. The molecule has 0 amide bonds. The van der Waals surface area contributed by atoms with Crippen molar-refractivity contribution in [3.63, 3.8) is 0 Å². The quantitative estimate of drug-likeness (QED) is 0.349. The zero-order valence-corrected chi connectivity index (χ0v) is 13.0. The lowest BCUT2D eigenvalue weighted by Crippen LogP contribution is -2.02. The second-order valence-electron chi connectivity index (χ2n) is 4.23. The van der Waals surface area contributed by atoms with Crippen LogP contribution in [0.5, 0.6) is 0 Å². The van der Waals surface area contributed by atoms with Crippen molar-refractivity contribution in [3.05, 3.63) is 41.7 Å². The van der Waals surface area contributed by atoms with E-state index in [1.54, 1.807) is 6.26 Å². The second kappa shape index (κ2) is 8.43. The molecule has 20 heavy (non-hydrogen) atoms. The average Bonchev–Trinajstić information content (AvgIpc) is 2.44. The summed E-state index contributed by atoms with van der Waals surface area (Å²) in [5.41, 5.74) is 3.06. The van der Waals surface area contributed by atoms with Gasteiger partial charge in [0.25, 0.3) is 0 Å². The van der Waals surface area contributed by atoms with Crippen LogP contribution in [-0.2, 0) is 21.0 Å². The number of hydrogen-bond acceptors (Lipinski definition) is 5. The maximum atomic E-state index is 12.0. The van der Waals surface area contributed by atoms with Gasteiger partial charge in [-0.25, -0.2) is 0 Å². The highest BCUT2D eigenvalue weighted by Crippen LogP contribution is 2.24. The number of nitrogens with zero attached hydrogens (tertiary/aromatic N) is 1. The molecule has 0 fully saturated rings. The van der Waals surface area contributed by atoms with Gasteiger partial charge in [0.15, 0.2) is 0 Å². The maximum Gasteiger partial charge on any atom is 0.222 e. The smallest absolute Gasteiger partial charge is 0.222 e. The van der Waals surface area contributed by atoms with Crippen LogP contribution >= 0.6 is 11.8 Å². The Balaban J connectivity index is 3.07. The molecule has 0 aromatic heterocycles. The summed E-state index contributed by atoms with van der Waals surface area (Å²) in [6.45, 7) is 4.03. The van der Waals surface area contributed by atoms with E-state index in [0.717, 1.165) is 28.6 Å². The summed E-state index contributed by atoms with van der Waals surface area (Å²) >= 11 is 1.15. The highest BCUT2D eigenvalue weighted by atomic mass is 32.2. The van der Waals surface area contributed by atoms with Gasteiger partial charge in [0.1, 0.15) is 6.61 Å². The molecule has 1 aromatic rings. The number of methoxy groups -OCH3 is 1. The van der Waals surface area contributed by atoms with Crippen molar-refractivity contribution in [3.8, 4) is 0 Å². The predicted molar refractivity (Wildman–Crippen MR) is 83.5 cm³/mol. The van der Waals surface area contributed by atoms with E-state index in [1.807, 2.05) is 38.1 Å². The van der Waals surface area contributed by atoms with Gasteiger partial charge in [-0.05, 0) is 25.7 Å². The molecule has 0 N–H and O–H groups in total. The number of ether oxygens (including phenoxy) is 1. The third-order valence-corrected chi connectivity index (χ3v) is 3.01. The van der Waals surface area contributed by atoms with Gasteiger partial charge in [-0.3, -0.25) is 4.79 Å². The van der Waals surface area contributed by atoms with Crippen molar-refractivity contribution >= 4 is 28.2 Å². The SMILES string of the molecule is COC=C(C(=O)SC)c1ccccc1CON=C(C)C. The molecule has 0 aliphatic heterocycles. The number of thioether (sulfide) groups is 1. The van der Waals surface area contributed by atoms with E-state index < -0.39 is 0 Å². The van der Waals surface area contributed by atoms with Crippen molar-refractivity contribution < 1.29 is 14.4 Å². The van der Waals surface area contributed by atoms with Crippen molar-refractivity contribution in [1.29, 1.82) is 0 Å². The summed E-state index contributed by atoms with van der Waals surface area (Å²) in [7, 11) is 1.53. The molecule has 1 rings (SSSR count). The molecule has 4 nitrogen and oxygen atoms in total. The van der Waals surface area contributed by atoms with Crippen LogP contribution in [0, 0.1) is 0 Å². The molecule has 0 aliphatic rings. The van der Waals surface area contributed by atoms with E-state index >= 15 is 0 Å². The lowest BCUT2D eigenvalue weighted by molar-refractivity contribution is -0.106. The number of benzene rings is 1. The van der Waals surface area contributed by atoms with Crippen LogP contribution in [0.15, 0.2) is 35.7 Å². The number of carbonyl (C=O) groups is 1.